The summed E-state index contributed by atoms with van der Waals surface area (Å²) in [5.41, 5.74) is 7.12. The number of benzene rings is 2. The number of para-hydroxylation sites is 1. The molecule has 0 spiro atoms. The first-order chi connectivity index (χ1) is 24.2. The summed E-state index contributed by atoms with van der Waals surface area (Å²) in [4.78, 5) is 37.0. The van der Waals surface area contributed by atoms with Gasteiger partial charge in [-0.05, 0) is 123 Å². The second-order valence-electron chi connectivity index (χ2n) is 15.1. The molecule has 4 heterocycles. The molecule has 0 atom stereocenters. The van der Waals surface area contributed by atoms with Gasteiger partial charge in [0.2, 0.25) is 5.88 Å². The first-order valence-electron chi connectivity index (χ1n) is 17.7. The lowest BCUT2D eigenvalue weighted by Gasteiger charge is -2.56. The Morgan fingerprint density at radius 3 is 2.48 bits per heavy atom. The predicted octanol–water partition coefficient (Wildman–Crippen LogP) is 8.26. The minimum Gasteiger partial charge on any atom is -0.449 e. The molecule has 256 valence electrons. The van der Waals surface area contributed by atoms with Crippen LogP contribution in [0.25, 0.3) is 21.3 Å². The molecule has 1 amide bonds. The van der Waals surface area contributed by atoms with E-state index in [1.807, 2.05) is 55.5 Å². The van der Waals surface area contributed by atoms with Crippen molar-refractivity contribution < 1.29 is 19.4 Å². The van der Waals surface area contributed by atoms with Crippen LogP contribution in [0.3, 0.4) is 0 Å². The minimum absolute atomic E-state index is 0.0446. The lowest BCUT2D eigenvalue weighted by molar-refractivity contribution is -0.0638. The van der Waals surface area contributed by atoms with Crippen LogP contribution in [0.5, 0.6) is 5.88 Å². The number of thiazole rings is 1. The molecule has 0 radical (unpaired) electrons. The van der Waals surface area contributed by atoms with Crippen molar-refractivity contribution in [1.82, 2.24) is 19.7 Å². The fraction of sp³-hybridized carbons (Fsp3) is 0.410. The zero-order valence-corrected chi connectivity index (χ0v) is 29.1. The number of nitrogens with zero attached hydrogens (tertiary/aromatic N) is 5. The van der Waals surface area contributed by atoms with Crippen LogP contribution in [-0.2, 0) is 19.5 Å². The molecular weight excluding hydrogens is 649 g/mol. The van der Waals surface area contributed by atoms with Gasteiger partial charge in [-0.15, -0.1) is 0 Å². The number of fused-ring (bicyclic) bond motifs is 2. The summed E-state index contributed by atoms with van der Waals surface area (Å²) in [6.45, 7) is 6.08. The fourth-order valence-corrected chi connectivity index (χ4v) is 10.9. The van der Waals surface area contributed by atoms with Gasteiger partial charge < -0.3 is 14.7 Å². The highest BCUT2D eigenvalue weighted by atomic mass is 32.1. The van der Waals surface area contributed by atoms with Crippen molar-refractivity contribution in [1.29, 1.82) is 0 Å². The Bertz CT molecular complexity index is 2100. The highest BCUT2D eigenvalue weighted by Crippen LogP contribution is 2.60. The Kier molecular flexibility index (Phi) is 7.45. The van der Waals surface area contributed by atoms with Crippen LogP contribution in [0, 0.1) is 37.0 Å². The van der Waals surface area contributed by atoms with Crippen molar-refractivity contribution in [3.05, 3.63) is 82.7 Å². The number of aromatic nitrogens is 4. The highest BCUT2D eigenvalue weighted by molar-refractivity contribution is 7.22. The second-order valence-corrected chi connectivity index (χ2v) is 16.1. The minimum atomic E-state index is -1.41. The molecule has 10 nitrogen and oxygen atoms in total. The second kappa shape index (κ2) is 11.9. The number of hydrogen-bond donors (Lipinski definition) is 2. The van der Waals surface area contributed by atoms with E-state index in [0.29, 0.717) is 47.0 Å². The summed E-state index contributed by atoms with van der Waals surface area (Å²) in [5.74, 6) is 3.00. The van der Waals surface area contributed by atoms with E-state index in [1.54, 1.807) is 0 Å². The quantitative estimate of drug-likeness (QED) is 0.164. The van der Waals surface area contributed by atoms with E-state index >= 15 is 0 Å². The van der Waals surface area contributed by atoms with E-state index in [0.717, 1.165) is 62.6 Å². The van der Waals surface area contributed by atoms with E-state index < -0.39 is 6.16 Å². The Morgan fingerprint density at radius 2 is 1.74 bits per heavy atom. The summed E-state index contributed by atoms with van der Waals surface area (Å²) in [6.07, 6.45) is 7.38. The van der Waals surface area contributed by atoms with Crippen LogP contribution >= 0.6 is 11.3 Å². The van der Waals surface area contributed by atoms with E-state index in [2.05, 4.69) is 32.9 Å². The fourth-order valence-electron chi connectivity index (χ4n) is 10.1. The number of hydrogen-bond acceptors (Lipinski definition) is 8. The van der Waals surface area contributed by atoms with Crippen molar-refractivity contribution in [2.24, 2.45) is 23.2 Å². The Morgan fingerprint density at radius 1 is 0.980 bits per heavy atom. The lowest BCUT2D eigenvalue weighted by Crippen LogP contribution is -2.48. The van der Waals surface area contributed by atoms with Gasteiger partial charge in [0.15, 0.2) is 5.13 Å². The molecule has 1 aliphatic heterocycles. The molecule has 0 unspecified atom stereocenters. The maximum Gasteiger partial charge on any atom is 0.512 e. The topological polar surface area (TPSA) is 122 Å². The number of nitrogens with one attached hydrogen (secondary N) is 1. The zero-order chi connectivity index (χ0) is 34.1. The van der Waals surface area contributed by atoms with Crippen LogP contribution in [0.4, 0.5) is 15.7 Å². The smallest absolute Gasteiger partial charge is 0.449 e. The molecule has 4 saturated carbocycles. The molecular formula is C39H40N6O4S. The predicted molar refractivity (Wildman–Crippen MR) is 193 cm³/mol. The highest BCUT2D eigenvalue weighted by Gasteiger charge is 2.51. The van der Waals surface area contributed by atoms with Crippen LogP contribution < -0.4 is 15.0 Å². The van der Waals surface area contributed by atoms with Crippen molar-refractivity contribution in [3.8, 4) is 17.0 Å². The summed E-state index contributed by atoms with van der Waals surface area (Å²) >= 11 is 1.45. The van der Waals surface area contributed by atoms with Crippen LogP contribution in [0.1, 0.15) is 71.4 Å². The Hall–Kier alpha value is -4.77. The average molecular weight is 689 g/mol. The number of rotatable bonds is 7. The van der Waals surface area contributed by atoms with E-state index in [-0.39, 0.29) is 11.8 Å². The first kappa shape index (κ1) is 31.2. The third-order valence-electron chi connectivity index (χ3n) is 11.7. The van der Waals surface area contributed by atoms with Gasteiger partial charge in [-0.1, -0.05) is 35.6 Å². The molecule has 0 saturated heterocycles. The van der Waals surface area contributed by atoms with Gasteiger partial charge in [0.05, 0.1) is 15.9 Å². The van der Waals surface area contributed by atoms with Gasteiger partial charge in [-0.25, -0.2) is 9.78 Å². The number of carboxylic acid groups (broad SMARTS) is 1. The normalized spacial score (nSPS) is 23.6. The van der Waals surface area contributed by atoms with Gasteiger partial charge >= 0.3 is 6.16 Å². The molecule has 50 heavy (non-hydrogen) atoms. The maximum absolute atomic E-state index is 13.6. The summed E-state index contributed by atoms with van der Waals surface area (Å²) in [5, 5.41) is 18.4. The van der Waals surface area contributed by atoms with Crippen molar-refractivity contribution in [2.45, 2.75) is 71.9 Å². The standard InChI is InChI=1S/C39H40N6O4S/c1-22-34(23(2)45(43-22)21-39-17-24-14-25(18-39)16-26(15-24)19-39)29-10-11-33(41-36(29)49-38(47)48)44-13-12-27-6-5-7-28(30(27)20-44)35(46)42-37-40-31-8-3-4-9-32(31)50-37/h3-11,24-26H,12-21H2,1-2H3,(H,47,48)(H,40,42,46). The molecule has 11 heteroatoms. The van der Waals surface area contributed by atoms with E-state index in [1.165, 1.54) is 49.9 Å². The number of carbonyl (C=O) groups is 2. The summed E-state index contributed by atoms with van der Waals surface area (Å²) in [6, 6.07) is 17.5. The number of carbonyl (C=O) groups excluding carboxylic acids is 1. The number of anilines is 2. The van der Waals surface area contributed by atoms with Crippen LogP contribution in [0.15, 0.2) is 54.6 Å². The first-order valence-corrected chi connectivity index (χ1v) is 18.5. The van der Waals surface area contributed by atoms with Crippen molar-refractivity contribution >= 4 is 44.6 Å². The SMILES string of the molecule is Cc1nn(CC23CC4CC(CC(C4)C2)C3)c(C)c1-c1ccc(N2CCc3cccc(C(=O)Nc4nc5ccccc5s4)c3C2)nc1OC(=O)O. The van der Waals surface area contributed by atoms with Gasteiger partial charge in [0.1, 0.15) is 5.82 Å². The molecule has 4 aliphatic carbocycles. The molecule has 4 bridgehead atoms. The van der Waals surface area contributed by atoms with E-state index in [4.69, 9.17) is 14.8 Å². The molecule has 5 aliphatic rings. The molecule has 4 fully saturated rings. The monoisotopic (exact) mass is 688 g/mol. The van der Waals surface area contributed by atoms with Gasteiger partial charge in [0.25, 0.3) is 5.91 Å². The van der Waals surface area contributed by atoms with Crippen LogP contribution in [-0.4, -0.2) is 43.5 Å². The lowest BCUT2D eigenvalue weighted by atomic mass is 9.49. The third kappa shape index (κ3) is 5.52. The molecule has 5 aromatic rings. The molecule has 10 rings (SSSR count). The largest absolute Gasteiger partial charge is 0.512 e. The van der Waals surface area contributed by atoms with Gasteiger partial charge in [0, 0.05) is 42.0 Å². The molecule has 2 N–H and O–H groups in total. The van der Waals surface area contributed by atoms with Crippen LogP contribution in [0.2, 0.25) is 0 Å². The average Bonchev–Trinajstić information content (AvgIpc) is 3.61. The van der Waals surface area contributed by atoms with E-state index in [9.17, 15) is 14.7 Å². The number of amides is 1. The van der Waals surface area contributed by atoms with Gasteiger partial charge in [-0.3, -0.25) is 14.8 Å². The molecule has 2 aromatic carbocycles. The summed E-state index contributed by atoms with van der Waals surface area (Å²) < 4.78 is 8.56. The zero-order valence-electron chi connectivity index (χ0n) is 28.3. The maximum atomic E-state index is 13.6. The number of pyridine rings is 1. The van der Waals surface area contributed by atoms with Crippen molar-refractivity contribution in [2.75, 3.05) is 16.8 Å². The van der Waals surface area contributed by atoms with Gasteiger partial charge in [-0.2, -0.15) is 10.1 Å². The Labute approximate surface area is 294 Å². The number of ether oxygens (including phenoxy) is 1. The van der Waals surface area contributed by atoms with Crippen molar-refractivity contribution in [3.63, 3.8) is 0 Å². The Balaban J connectivity index is 0.993. The number of aryl methyl sites for hydroxylation is 1. The third-order valence-corrected chi connectivity index (χ3v) is 12.6. The summed E-state index contributed by atoms with van der Waals surface area (Å²) in [7, 11) is 0. The molecule has 3 aromatic heterocycles.